The van der Waals surface area contributed by atoms with Crippen molar-refractivity contribution >= 4 is 17.5 Å². The zero-order valence-electron chi connectivity index (χ0n) is 19.3. The van der Waals surface area contributed by atoms with Gasteiger partial charge in [0.15, 0.2) is 0 Å². The number of carbonyl (C=O) groups is 2. The average Bonchev–Trinajstić information content (AvgIpc) is 3.27. The van der Waals surface area contributed by atoms with Crippen molar-refractivity contribution in [2.75, 3.05) is 18.5 Å². The molecule has 0 radical (unpaired) electrons. The number of fused-ring (bicyclic) bond motifs is 1. The lowest BCUT2D eigenvalue weighted by molar-refractivity contribution is -0.137. The molecule has 2 N–H and O–H groups in total. The van der Waals surface area contributed by atoms with Gasteiger partial charge in [-0.25, -0.2) is 5.43 Å². The largest absolute Gasteiger partial charge is 0.494 e. The number of hydrogen-bond acceptors (Lipinski definition) is 5. The molecular weight excluding hydrogens is 416 g/mol. The Kier molecular flexibility index (Phi) is 7.29. The zero-order chi connectivity index (χ0) is 23.2. The van der Waals surface area contributed by atoms with Gasteiger partial charge in [-0.2, -0.15) is 0 Å². The summed E-state index contributed by atoms with van der Waals surface area (Å²) in [5, 5.41) is 4.71. The summed E-state index contributed by atoms with van der Waals surface area (Å²) in [7, 11) is 0. The van der Waals surface area contributed by atoms with Gasteiger partial charge in [0, 0.05) is 18.1 Å². The molecule has 174 valence electrons. The lowest BCUT2D eigenvalue weighted by Crippen LogP contribution is -2.49. The predicted molar refractivity (Wildman–Crippen MR) is 128 cm³/mol. The van der Waals surface area contributed by atoms with E-state index in [1.54, 1.807) is 6.20 Å². The molecule has 0 spiro atoms. The molecule has 4 rings (SSSR count). The number of nitrogens with one attached hydrogen (secondary N) is 2. The number of nitrogens with zero attached hydrogens (tertiary/aromatic N) is 2. The summed E-state index contributed by atoms with van der Waals surface area (Å²) in [5.74, 6) is 0.566. The van der Waals surface area contributed by atoms with E-state index in [1.165, 1.54) is 10.5 Å². The fourth-order valence-corrected chi connectivity index (χ4v) is 4.09. The Morgan fingerprint density at radius 1 is 1.09 bits per heavy atom. The van der Waals surface area contributed by atoms with E-state index >= 15 is 0 Å². The van der Waals surface area contributed by atoms with Crippen molar-refractivity contribution < 1.29 is 14.3 Å². The minimum atomic E-state index is -0.336. The molecule has 0 aliphatic carbocycles. The third kappa shape index (κ3) is 5.54. The quantitative estimate of drug-likeness (QED) is 0.567. The Morgan fingerprint density at radius 2 is 1.85 bits per heavy atom. The van der Waals surface area contributed by atoms with Crippen LogP contribution in [0.2, 0.25) is 0 Å². The van der Waals surface area contributed by atoms with Crippen LogP contribution in [-0.2, 0) is 16.0 Å². The zero-order valence-corrected chi connectivity index (χ0v) is 19.3. The van der Waals surface area contributed by atoms with E-state index in [4.69, 9.17) is 4.74 Å². The van der Waals surface area contributed by atoms with Gasteiger partial charge in [-0.3, -0.25) is 9.59 Å². The molecule has 1 fully saturated rings. The lowest BCUT2D eigenvalue weighted by atomic mass is 10.0. The van der Waals surface area contributed by atoms with Crippen molar-refractivity contribution in [2.45, 2.75) is 51.6 Å². The van der Waals surface area contributed by atoms with E-state index in [0.29, 0.717) is 6.42 Å². The van der Waals surface area contributed by atoms with Crippen molar-refractivity contribution in [3.8, 4) is 5.75 Å². The van der Waals surface area contributed by atoms with Crippen LogP contribution < -0.4 is 15.5 Å². The highest BCUT2D eigenvalue weighted by molar-refractivity contribution is 5.96. The SMILES string of the molecule is CCCCOc1ccc(C2CC3C(=O)N(CC(=O)Nc4ccc(CC)cc4)C=CN3N2)cc1. The van der Waals surface area contributed by atoms with Crippen LogP contribution in [0.1, 0.15) is 50.3 Å². The molecule has 2 heterocycles. The minimum Gasteiger partial charge on any atom is -0.494 e. The number of ether oxygens (including phenoxy) is 1. The number of anilines is 1. The Labute approximate surface area is 195 Å². The Bertz CT molecular complexity index is 988. The van der Waals surface area contributed by atoms with Crippen LogP contribution in [0, 0.1) is 0 Å². The maximum absolute atomic E-state index is 13.0. The first kappa shape index (κ1) is 22.9. The maximum atomic E-state index is 13.0. The lowest BCUT2D eigenvalue weighted by Gasteiger charge is -2.31. The summed E-state index contributed by atoms with van der Waals surface area (Å²) in [5.41, 5.74) is 6.44. The summed E-state index contributed by atoms with van der Waals surface area (Å²) in [6.07, 6.45) is 7.22. The molecule has 2 aromatic rings. The number of aryl methyl sites for hydroxylation is 1. The standard InChI is InChI=1S/C26H32N4O3/c1-3-5-16-33-22-12-8-20(9-13-22)23-17-24-26(32)29(14-15-30(24)28-23)18-25(31)27-21-10-6-19(4-2)7-11-21/h6-15,23-24,28H,3-5,16-18H2,1-2H3,(H,27,31). The van der Waals surface area contributed by atoms with Crippen LogP contribution in [-0.4, -0.2) is 40.9 Å². The van der Waals surface area contributed by atoms with E-state index in [1.807, 2.05) is 59.7 Å². The first-order chi connectivity index (χ1) is 16.1. The van der Waals surface area contributed by atoms with Crippen LogP contribution in [0.15, 0.2) is 60.9 Å². The number of amides is 2. The third-order valence-corrected chi connectivity index (χ3v) is 6.08. The van der Waals surface area contributed by atoms with Gasteiger partial charge in [0.05, 0.1) is 12.6 Å². The van der Waals surface area contributed by atoms with Crippen LogP contribution in [0.3, 0.4) is 0 Å². The number of rotatable bonds is 9. The number of unbranched alkanes of at least 4 members (excludes halogenated alkanes) is 1. The molecule has 0 aromatic heterocycles. The number of benzene rings is 2. The minimum absolute atomic E-state index is 0.0103. The second-order valence-corrected chi connectivity index (χ2v) is 8.47. The summed E-state index contributed by atoms with van der Waals surface area (Å²) in [6, 6.07) is 15.5. The topological polar surface area (TPSA) is 73.9 Å². The Hall–Kier alpha value is -3.32. The number of carbonyl (C=O) groups excluding carboxylic acids is 2. The molecule has 2 unspecified atom stereocenters. The Balaban J connectivity index is 1.32. The average molecular weight is 449 g/mol. The van der Waals surface area contributed by atoms with Crippen LogP contribution in [0.5, 0.6) is 5.75 Å². The molecule has 2 atom stereocenters. The van der Waals surface area contributed by atoms with Gasteiger partial charge in [0.25, 0.3) is 5.91 Å². The summed E-state index contributed by atoms with van der Waals surface area (Å²) in [4.78, 5) is 27.0. The van der Waals surface area contributed by atoms with Crippen molar-refractivity contribution in [2.24, 2.45) is 0 Å². The number of hydrogen-bond donors (Lipinski definition) is 2. The molecule has 2 aromatic carbocycles. The molecule has 1 saturated heterocycles. The fraction of sp³-hybridized carbons (Fsp3) is 0.385. The molecule has 2 amide bonds. The second kappa shape index (κ2) is 10.5. The van der Waals surface area contributed by atoms with E-state index in [-0.39, 0.29) is 30.4 Å². The van der Waals surface area contributed by atoms with E-state index < -0.39 is 0 Å². The summed E-state index contributed by atoms with van der Waals surface area (Å²) < 4.78 is 5.74. The highest BCUT2D eigenvalue weighted by Gasteiger charge is 2.40. The normalized spacial score (nSPS) is 19.5. The van der Waals surface area contributed by atoms with Crippen LogP contribution >= 0.6 is 0 Å². The van der Waals surface area contributed by atoms with Gasteiger partial charge in [-0.1, -0.05) is 44.5 Å². The first-order valence-electron chi connectivity index (χ1n) is 11.7. The van der Waals surface area contributed by atoms with E-state index in [2.05, 4.69) is 24.6 Å². The fourth-order valence-electron chi connectivity index (χ4n) is 4.09. The van der Waals surface area contributed by atoms with Crippen LogP contribution in [0.4, 0.5) is 5.69 Å². The Morgan fingerprint density at radius 3 is 2.55 bits per heavy atom. The van der Waals surface area contributed by atoms with Gasteiger partial charge < -0.3 is 20.0 Å². The van der Waals surface area contributed by atoms with Crippen molar-refractivity contribution in [3.05, 3.63) is 72.1 Å². The van der Waals surface area contributed by atoms with Crippen molar-refractivity contribution in [1.29, 1.82) is 0 Å². The maximum Gasteiger partial charge on any atom is 0.251 e. The summed E-state index contributed by atoms with van der Waals surface area (Å²) in [6.45, 7) is 4.94. The highest BCUT2D eigenvalue weighted by Crippen LogP contribution is 2.31. The van der Waals surface area contributed by atoms with E-state index in [9.17, 15) is 9.59 Å². The number of hydrazine groups is 1. The molecule has 33 heavy (non-hydrogen) atoms. The van der Waals surface area contributed by atoms with Gasteiger partial charge in [-0.15, -0.1) is 0 Å². The monoisotopic (exact) mass is 448 g/mol. The smallest absolute Gasteiger partial charge is 0.251 e. The second-order valence-electron chi connectivity index (χ2n) is 8.47. The predicted octanol–water partition coefficient (Wildman–Crippen LogP) is 4.00. The van der Waals surface area contributed by atoms with Crippen molar-refractivity contribution in [1.82, 2.24) is 15.3 Å². The van der Waals surface area contributed by atoms with Crippen molar-refractivity contribution in [3.63, 3.8) is 0 Å². The van der Waals surface area contributed by atoms with Crippen LogP contribution in [0.25, 0.3) is 0 Å². The molecular formula is C26H32N4O3. The highest BCUT2D eigenvalue weighted by atomic mass is 16.5. The van der Waals surface area contributed by atoms with Gasteiger partial charge >= 0.3 is 0 Å². The molecule has 0 bridgehead atoms. The molecule has 2 aliphatic rings. The van der Waals surface area contributed by atoms with Gasteiger partial charge in [0.2, 0.25) is 5.91 Å². The van der Waals surface area contributed by atoms with Gasteiger partial charge in [-0.05, 0) is 54.7 Å². The third-order valence-electron chi connectivity index (χ3n) is 6.08. The molecule has 7 nitrogen and oxygen atoms in total. The molecule has 0 saturated carbocycles. The van der Waals surface area contributed by atoms with E-state index in [0.717, 1.165) is 42.9 Å². The summed E-state index contributed by atoms with van der Waals surface area (Å²) >= 11 is 0. The first-order valence-corrected chi connectivity index (χ1v) is 11.7. The molecule has 2 aliphatic heterocycles. The molecule has 7 heteroatoms. The van der Waals surface area contributed by atoms with Gasteiger partial charge in [0.1, 0.15) is 18.3 Å².